The number of halogens is 1. The summed E-state index contributed by atoms with van der Waals surface area (Å²) in [6.07, 6.45) is 10.7. The second-order valence-electron chi connectivity index (χ2n) is 11.5. The molecule has 1 aromatic carbocycles. The summed E-state index contributed by atoms with van der Waals surface area (Å²) in [5.74, 6) is 0.715. The number of carbonyl (C=O) groups excluding carboxylic acids is 1. The molecule has 0 bridgehead atoms. The minimum atomic E-state index is -0.379. The van der Waals surface area contributed by atoms with Crippen molar-refractivity contribution in [1.29, 1.82) is 0 Å². The predicted molar refractivity (Wildman–Crippen MR) is 173 cm³/mol. The third kappa shape index (κ3) is 5.48. The standard InChI is InChI=1S/C31H34IN7O4/c1-4-14-31(35-29(40)19-10-11-19)15-12-20(13-16-31)34-26-23(39(41)42)17-33-28-24(26)25(32)27(22-18-37(2)36-30(22)43-3)38(28)21-8-6-5-7-9-21/h4-9,17-20H,1,10-16H2,2-3H3,(H,33,34)(H,35,40). The molecule has 2 aliphatic rings. The zero-order valence-corrected chi connectivity index (χ0v) is 26.3. The lowest BCUT2D eigenvalue weighted by atomic mass is 9.77. The maximum Gasteiger partial charge on any atom is 0.311 e. The molecular formula is C31H34IN7O4. The van der Waals surface area contributed by atoms with Gasteiger partial charge < -0.3 is 15.4 Å². The first-order valence-electron chi connectivity index (χ1n) is 14.5. The van der Waals surface area contributed by atoms with Gasteiger partial charge in [-0.2, -0.15) is 0 Å². The van der Waals surface area contributed by atoms with Crippen LogP contribution < -0.4 is 15.4 Å². The van der Waals surface area contributed by atoms with Crippen molar-refractivity contribution in [2.45, 2.75) is 56.5 Å². The molecule has 3 aromatic heterocycles. The molecule has 1 amide bonds. The molecule has 4 aromatic rings. The van der Waals surface area contributed by atoms with E-state index < -0.39 is 0 Å². The van der Waals surface area contributed by atoms with Crippen molar-refractivity contribution < 1.29 is 14.5 Å². The Morgan fingerprint density at radius 2 is 1.98 bits per heavy atom. The molecule has 0 unspecified atom stereocenters. The summed E-state index contributed by atoms with van der Waals surface area (Å²) in [5, 5.41) is 24.4. The molecule has 0 aliphatic heterocycles. The minimum absolute atomic E-state index is 0.0210. The van der Waals surface area contributed by atoms with Crippen molar-refractivity contribution in [1.82, 2.24) is 24.6 Å². The number of fused-ring (bicyclic) bond motifs is 1. The molecule has 2 fully saturated rings. The van der Waals surface area contributed by atoms with Gasteiger partial charge in [-0.1, -0.05) is 24.3 Å². The molecule has 224 valence electrons. The molecule has 3 heterocycles. The van der Waals surface area contributed by atoms with E-state index in [1.165, 1.54) is 6.20 Å². The summed E-state index contributed by atoms with van der Waals surface area (Å²) < 4.78 is 10.1. The molecule has 12 heteroatoms. The number of hydrogen-bond donors (Lipinski definition) is 2. The maximum absolute atomic E-state index is 12.7. The number of nitrogens with one attached hydrogen (secondary N) is 2. The number of hydrogen-bond acceptors (Lipinski definition) is 7. The predicted octanol–water partition coefficient (Wildman–Crippen LogP) is 6.14. The molecule has 2 aliphatic carbocycles. The minimum Gasteiger partial charge on any atom is -0.479 e. The first kappa shape index (κ1) is 29.1. The van der Waals surface area contributed by atoms with Crippen LogP contribution in [0.5, 0.6) is 5.88 Å². The number of nitrogens with zero attached hydrogens (tertiary/aromatic N) is 5. The largest absolute Gasteiger partial charge is 0.479 e. The maximum atomic E-state index is 12.7. The number of benzene rings is 1. The zero-order chi connectivity index (χ0) is 30.3. The second kappa shape index (κ2) is 11.6. The fourth-order valence-corrected chi connectivity index (χ4v) is 7.25. The van der Waals surface area contributed by atoms with Crippen molar-refractivity contribution >= 4 is 50.9 Å². The summed E-state index contributed by atoms with van der Waals surface area (Å²) >= 11 is 2.26. The van der Waals surface area contributed by atoms with Crippen LogP contribution in [0.25, 0.3) is 28.0 Å². The summed E-state index contributed by atoms with van der Waals surface area (Å²) in [6, 6.07) is 9.78. The molecule has 6 rings (SSSR count). The van der Waals surface area contributed by atoms with E-state index in [4.69, 9.17) is 4.74 Å². The highest BCUT2D eigenvalue weighted by molar-refractivity contribution is 14.1. The van der Waals surface area contributed by atoms with Crippen molar-refractivity contribution in [3.8, 4) is 22.8 Å². The number of carbonyl (C=O) groups is 1. The number of aryl methyl sites for hydroxylation is 1. The number of aromatic nitrogens is 4. The fraction of sp³-hybridized carbons (Fsp3) is 0.387. The van der Waals surface area contributed by atoms with E-state index in [1.807, 2.05) is 54.2 Å². The van der Waals surface area contributed by atoms with Crippen LogP contribution in [0.4, 0.5) is 11.4 Å². The Balaban J connectivity index is 1.44. The lowest BCUT2D eigenvalue weighted by Gasteiger charge is -2.41. The van der Waals surface area contributed by atoms with Crippen molar-refractivity contribution in [3.05, 3.63) is 69.1 Å². The Labute approximate surface area is 263 Å². The van der Waals surface area contributed by atoms with Crippen molar-refractivity contribution in [2.24, 2.45) is 13.0 Å². The van der Waals surface area contributed by atoms with Gasteiger partial charge in [0.2, 0.25) is 11.8 Å². The van der Waals surface area contributed by atoms with E-state index in [0.29, 0.717) is 29.0 Å². The average molecular weight is 696 g/mol. The van der Waals surface area contributed by atoms with Gasteiger partial charge in [-0.15, -0.1) is 11.7 Å². The normalized spacial score (nSPS) is 20.1. The number of amides is 1. The quantitative estimate of drug-likeness (QED) is 0.0883. The Morgan fingerprint density at radius 3 is 2.60 bits per heavy atom. The highest BCUT2D eigenvalue weighted by Gasteiger charge is 2.40. The van der Waals surface area contributed by atoms with Gasteiger partial charge >= 0.3 is 5.69 Å². The lowest BCUT2D eigenvalue weighted by Crippen LogP contribution is -2.52. The molecule has 2 saturated carbocycles. The molecule has 2 N–H and O–H groups in total. The third-order valence-corrected chi connectivity index (χ3v) is 9.57. The van der Waals surface area contributed by atoms with Gasteiger partial charge in [0.15, 0.2) is 0 Å². The smallest absolute Gasteiger partial charge is 0.311 e. The number of pyridine rings is 1. The molecule has 0 radical (unpaired) electrons. The second-order valence-corrected chi connectivity index (χ2v) is 12.6. The van der Waals surface area contributed by atoms with E-state index in [2.05, 4.69) is 49.9 Å². The number of rotatable bonds is 10. The van der Waals surface area contributed by atoms with Gasteiger partial charge in [-0.3, -0.25) is 24.2 Å². The summed E-state index contributed by atoms with van der Waals surface area (Å²) in [7, 11) is 3.40. The van der Waals surface area contributed by atoms with Gasteiger partial charge in [0.25, 0.3) is 0 Å². The van der Waals surface area contributed by atoms with Gasteiger partial charge in [-0.05, 0) is 79.7 Å². The molecule has 0 spiro atoms. The summed E-state index contributed by atoms with van der Waals surface area (Å²) in [6.45, 7) is 3.94. The number of nitro groups is 1. The SMILES string of the molecule is C=CCC1(NC(=O)C2CC2)CCC(Nc2c([N+](=O)[O-])cnc3c2c(I)c(-c2cn(C)nc2OC)n3-c2ccccc2)CC1. The highest BCUT2D eigenvalue weighted by atomic mass is 127. The highest BCUT2D eigenvalue weighted by Crippen LogP contribution is 2.46. The average Bonchev–Trinajstić information content (AvgIpc) is 3.73. The number of para-hydroxylation sites is 1. The fourth-order valence-electron chi connectivity index (χ4n) is 6.21. The van der Waals surface area contributed by atoms with Crippen LogP contribution in [0.2, 0.25) is 0 Å². The van der Waals surface area contributed by atoms with E-state index in [0.717, 1.165) is 59.0 Å². The van der Waals surface area contributed by atoms with Crippen LogP contribution in [0.3, 0.4) is 0 Å². The van der Waals surface area contributed by atoms with Crippen LogP contribution in [0.15, 0.2) is 55.4 Å². The van der Waals surface area contributed by atoms with Gasteiger partial charge in [-0.25, -0.2) is 4.98 Å². The molecular weight excluding hydrogens is 661 g/mol. The van der Waals surface area contributed by atoms with Crippen LogP contribution in [-0.4, -0.2) is 48.9 Å². The molecule has 0 saturated heterocycles. The van der Waals surface area contributed by atoms with E-state index >= 15 is 0 Å². The Kier molecular flexibility index (Phi) is 7.88. The van der Waals surface area contributed by atoms with Crippen LogP contribution >= 0.6 is 22.6 Å². The van der Waals surface area contributed by atoms with Crippen LogP contribution in [0.1, 0.15) is 44.9 Å². The number of ether oxygens (including phenoxy) is 1. The van der Waals surface area contributed by atoms with Gasteiger partial charge in [0.1, 0.15) is 17.5 Å². The summed E-state index contributed by atoms with van der Waals surface area (Å²) in [5.41, 5.74) is 3.04. The van der Waals surface area contributed by atoms with Crippen molar-refractivity contribution in [3.63, 3.8) is 0 Å². The first-order chi connectivity index (χ1) is 20.7. The third-order valence-electron chi connectivity index (χ3n) is 8.52. The van der Waals surface area contributed by atoms with Gasteiger partial charge in [0, 0.05) is 36.4 Å². The van der Waals surface area contributed by atoms with Crippen LogP contribution in [-0.2, 0) is 11.8 Å². The van der Waals surface area contributed by atoms with Crippen molar-refractivity contribution in [2.75, 3.05) is 12.4 Å². The first-order valence-corrected chi connectivity index (χ1v) is 15.5. The van der Waals surface area contributed by atoms with Gasteiger partial charge in [0.05, 0.1) is 32.2 Å². The Hall–Kier alpha value is -3.94. The van der Waals surface area contributed by atoms with E-state index in [-0.39, 0.29) is 34.0 Å². The Bertz CT molecular complexity index is 1700. The zero-order valence-electron chi connectivity index (χ0n) is 24.2. The molecule has 43 heavy (non-hydrogen) atoms. The Morgan fingerprint density at radius 1 is 1.26 bits per heavy atom. The monoisotopic (exact) mass is 695 g/mol. The summed E-state index contributed by atoms with van der Waals surface area (Å²) in [4.78, 5) is 29.3. The van der Waals surface area contributed by atoms with Crippen LogP contribution in [0, 0.1) is 19.6 Å². The topological polar surface area (TPSA) is 129 Å². The molecule has 11 nitrogen and oxygen atoms in total. The van der Waals surface area contributed by atoms with E-state index in [1.54, 1.807) is 11.8 Å². The lowest BCUT2D eigenvalue weighted by molar-refractivity contribution is -0.384. The number of anilines is 1. The molecule has 0 atom stereocenters. The number of methoxy groups -OCH3 is 1. The van der Waals surface area contributed by atoms with E-state index in [9.17, 15) is 14.9 Å².